The van der Waals surface area contributed by atoms with Crippen molar-refractivity contribution in [2.75, 3.05) is 27.2 Å². The molecule has 1 amide bonds. The van der Waals surface area contributed by atoms with Gasteiger partial charge in [0.15, 0.2) is 0 Å². The SMILES string of the molecule is CCCCCCCCCCCCCCCCCC(=O)NCC[N+](C)(C)Cc1cnc(C)c2c1COC(C)(C)O2.[Cl-]. The Balaban J connectivity index is 0.00000800. The Morgan fingerprint density at radius 2 is 1.45 bits per heavy atom. The van der Waals surface area contributed by atoms with E-state index in [1.54, 1.807) is 0 Å². The minimum Gasteiger partial charge on any atom is -1.00 e. The van der Waals surface area contributed by atoms with Gasteiger partial charge in [-0.15, -0.1) is 0 Å². The summed E-state index contributed by atoms with van der Waals surface area (Å²) in [6, 6.07) is 0. The van der Waals surface area contributed by atoms with Gasteiger partial charge >= 0.3 is 0 Å². The van der Waals surface area contributed by atoms with Crippen molar-refractivity contribution in [2.45, 2.75) is 149 Å². The number of carbonyl (C=O) groups is 1. The predicted octanol–water partition coefficient (Wildman–Crippen LogP) is 4.99. The van der Waals surface area contributed by atoms with Gasteiger partial charge in [-0.3, -0.25) is 9.78 Å². The minimum absolute atomic E-state index is 0. The van der Waals surface area contributed by atoms with Crippen molar-refractivity contribution in [1.29, 1.82) is 0 Å². The zero-order valence-electron chi connectivity index (χ0n) is 26.7. The highest BCUT2D eigenvalue weighted by Crippen LogP contribution is 2.35. The number of ether oxygens (including phenoxy) is 2. The van der Waals surface area contributed by atoms with Crippen LogP contribution in [-0.4, -0.2) is 48.3 Å². The Morgan fingerprint density at radius 3 is 2.00 bits per heavy atom. The lowest BCUT2D eigenvalue weighted by Crippen LogP contribution is -3.00. The van der Waals surface area contributed by atoms with Crippen LogP contribution in [0.4, 0.5) is 0 Å². The molecule has 2 heterocycles. The first-order valence-electron chi connectivity index (χ1n) is 16.0. The first-order chi connectivity index (χ1) is 18.6. The lowest BCUT2D eigenvalue weighted by atomic mass is 10.0. The van der Waals surface area contributed by atoms with E-state index in [1.807, 2.05) is 27.0 Å². The fraction of sp³-hybridized carbons (Fsp3) is 0.818. The van der Waals surface area contributed by atoms with Gasteiger partial charge in [-0.2, -0.15) is 0 Å². The molecule has 0 atom stereocenters. The molecule has 1 aliphatic heterocycles. The third kappa shape index (κ3) is 15.0. The van der Waals surface area contributed by atoms with Crippen molar-refractivity contribution < 1.29 is 31.2 Å². The summed E-state index contributed by atoms with van der Waals surface area (Å²) in [6.07, 6.45) is 22.8. The van der Waals surface area contributed by atoms with Gasteiger partial charge in [-0.05, 0) is 13.3 Å². The number of nitrogens with one attached hydrogen (secondary N) is 1. The monoisotopic (exact) mass is 581 g/mol. The van der Waals surface area contributed by atoms with Crippen molar-refractivity contribution in [3.63, 3.8) is 0 Å². The van der Waals surface area contributed by atoms with Crippen molar-refractivity contribution in [1.82, 2.24) is 10.3 Å². The molecule has 0 aliphatic carbocycles. The van der Waals surface area contributed by atoms with E-state index in [9.17, 15) is 4.79 Å². The van der Waals surface area contributed by atoms with Gasteiger partial charge in [0.05, 0.1) is 39.5 Å². The molecule has 6 nitrogen and oxygen atoms in total. The molecule has 0 saturated carbocycles. The number of hydrogen-bond acceptors (Lipinski definition) is 4. The van der Waals surface area contributed by atoms with Gasteiger partial charge < -0.3 is 31.7 Å². The predicted molar refractivity (Wildman–Crippen MR) is 162 cm³/mol. The number of carbonyl (C=O) groups excluding carboxylic acids is 1. The van der Waals surface area contributed by atoms with Gasteiger partial charge in [0, 0.05) is 37.6 Å². The van der Waals surface area contributed by atoms with Crippen LogP contribution in [0.25, 0.3) is 0 Å². The molecule has 1 N–H and O–H groups in total. The van der Waals surface area contributed by atoms with Crippen molar-refractivity contribution in [3.8, 4) is 5.75 Å². The number of likely N-dealkylation sites (N-methyl/N-ethyl adjacent to an activating group) is 1. The van der Waals surface area contributed by atoms with Crippen LogP contribution in [0.15, 0.2) is 6.20 Å². The molecule has 1 aromatic heterocycles. The fourth-order valence-electron chi connectivity index (χ4n) is 5.41. The third-order valence-electron chi connectivity index (χ3n) is 7.96. The number of hydrogen-bond donors (Lipinski definition) is 1. The quantitative estimate of drug-likeness (QED) is 0.164. The number of unbranched alkanes of at least 4 members (excludes halogenated alkanes) is 14. The molecular formula is C33H60ClN3O3. The highest BCUT2D eigenvalue weighted by atomic mass is 35.5. The molecule has 1 aliphatic rings. The second-order valence-electron chi connectivity index (χ2n) is 12.8. The number of amides is 1. The molecule has 0 fully saturated rings. The summed E-state index contributed by atoms with van der Waals surface area (Å²) in [5, 5.41) is 3.14. The molecular weight excluding hydrogens is 522 g/mol. The van der Waals surface area contributed by atoms with E-state index in [0.717, 1.165) is 46.6 Å². The molecule has 1 aromatic rings. The van der Waals surface area contributed by atoms with Gasteiger partial charge in [0.25, 0.3) is 0 Å². The summed E-state index contributed by atoms with van der Waals surface area (Å²) in [6.45, 7) is 11.0. The fourth-order valence-corrected chi connectivity index (χ4v) is 5.41. The lowest BCUT2D eigenvalue weighted by molar-refractivity contribution is -0.902. The van der Waals surface area contributed by atoms with Crippen LogP contribution in [0.1, 0.15) is 140 Å². The zero-order valence-corrected chi connectivity index (χ0v) is 27.5. The van der Waals surface area contributed by atoms with Gasteiger partial charge in [-0.1, -0.05) is 96.8 Å². The van der Waals surface area contributed by atoms with E-state index in [-0.39, 0.29) is 18.3 Å². The average molecular weight is 582 g/mol. The summed E-state index contributed by atoms with van der Waals surface area (Å²) in [7, 11) is 4.39. The molecule has 0 spiro atoms. The molecule has 40 heavy (non-hydrogen) atoms. The maximum Gasteiger partial charge on any atom is 0.220 e. The molecule has 0 saturated heterocycles. The summed E-state index contributed by atoms with van der Waals surface area (Å²) < 4.78 is 12.7. The average Bonchev–Trinajstić information content (AvgIpc) is 2.87. The molecule has 7 heteroatoms. The van der Waals surface area contributed by atoms with Crippen molar-refractivity contribution in [2.24, 2.45) is 0 Å². The lowest BCUT2D eigenvalue weighted by Gasteiger charge is -2.36. The van der Waals surface area contributed by atoms with Crippen LogP contribution in [0.2, 0.25) is 0 Å². The topological polar surface area (TPSA) is 60.5 Å². The van der Waals surface area contributed by atoms with E-state index in [0.29, 0.717) is 19.6 Å². The molecule has 0 bridgehead atoms. The molecule has 0 radical (unpaired) electrons. The molecule has 232 valence electrons. The van der Waals surface area contributed by atoms with Crippen LogP contribution in [0, 0.1) is 6.92 Å². The number of halogens is 1. The minimum atomic E-state index is -0.626. The molecule has 2 rings (SSSR count). The van der Waals surface area contributed by atoms with Crippen LogP contribution in [-0.2, 0) is 22.7 Å². The first-order valence-corrected chi connectivity index (χ1v) is 16.0. The number of fused-ring (bicyclic) bond motifs is 1. The number of nitrogens with zero attached hydrogens (tertiary/aromatic N) is 2. The number of pyridine rings is 1. The van der Waals surface area contributed by atoms with Crippen LogP contribution in [0.5, 0.6) is 5.75 Å². The second-order valence-corrected chi connectivity index (χ2v) is 12.8. The first kappa shape index (κ1) is 36.7. The number of quaternary nitrogens is 1. The van der Waals surface area contributed by atoms with E-state index < -0.39 is 5.79 Å². The van der Waals surface area contributed by atoms with Gasteiger partial charge in [0.2, 0.25) is 11.7 Å². The zero-order chi connectivity index (χ0) is 28.6. The number of rotatable bonds is 21. The Kier molecular flexibility index (Phi) is 18.0. The summed E-state index contributed by atoms with van der Waals surface area (Å²) in [4.78, 5) is 16.9. The van der Waals surface area contributed by atoms with Crippen molar-refractivity contribution >= 4 is 5.91 Å². The van der Waals surface area contributed by atoms with Gasteiger partial charge in [-0.25, -0.2) is 0 Å². The smallest absolute Gasteiger partial charge is 0.220 e. The maximum absolute atomic E-state index is 12.3. The number of aryl methyl sites for hydroxylation is 1. The highest BCUT2D eigenvalue weighted by molar-refractivity contribution is 5.75. The largest absolute Gasteiger partial charge is 1.00 e. The normalized spacial score (nSPS) is 14.2. The molecule has 0 aromatic carbocycles. The van der Waals surface area contributed by atoms with E-state index >= 15 is 0 Å². The van der Waals surface area contributed by atoms with Crippen LogP contribution >= 0.6 is 0 Å². The highest BCUT2D eigenvalue weighted by Gasteiger charge is 2.32. The number of aromatic nitrogens is 1. The summed E-state index contributed by atoms with van der Waals surface area (Å²) in [5.74, 6) is 0.419. The van der Waals surface area contributed by atoms with E-state index in [1.165, 1.54) is 89.9 Å². The van der Waals surface area contributed by atoms with E-state index in [4.69, 9.17) is 9.47 Å². The summed E-state index contributed by atoms with van der Waals surface area (Å²) >= 11 is 0. The van der Waals surface area contributed by atoms with E-state index in [2.05, 4.69) is 31.3 Å². The van der Waals surface area contributed by atoms with Crippen LogP contribution in [0.3, 0.4) is 0 Å². The van der Waals surface area contributed by atoms with Gasteiger partial charge in [0.1, 0.15) is 12.3 Å². The Labute approximate surface area is 252 Å². The van der Waals surface area contributed by atoms with Crippen molar-refractivity contribution in [3.05, 3.63) is 23.0 Å². The summed E-state index contributed by atoms with van der Waals surface area (Å²) in [5.41, 5.74) is 3.16. The standard InChI is InChI=1S/C33H59N3O3.ClH/c1-7-8-9-10-11-12-13-14-15-16-17-18-19-20-21-22-31(37)34-23-24-36(5,6)26-29-25-35-28(2)32-30(29)27-38-33(3,4)39-32;/h25H,7-24,26-27H2,1-6H3;1H. The maximum atomic E-state index is 12.3. The van der Waals surface area contributed by atoms with Crippen LogP contribution < -0.4 is 22.5 Å². The Hall–Kier alpha value is -1.37. The Bertz CT molecular complexity index is 844. The molecule has 0 unspecified atom stereocenters. The Morgan fingerprint density at radius 1 is 0.925 bits per heavy atom. The third-order valence-corrected chi connectivity index (χ3v) is 7.96. The second kappa shape index (κ2) is 19.7.